The van der Waals surface area contributed by atoms with Crippen LogP contribution in [0.3, 0.4) is 0 Å². The Kier molecular flexibility index (Phi) is 4.61. The topological polar surface area (TPSA) is 36.9 Å². The normalized spacial score (nSPS) is 16.3. The van der Waals surface area contributed by atoms with Crippen LogP contribution >= 0.6 is 0 Å². The molecule has 1 fully saturated rings. The van der Waals surface area contributed by atoms with E-state index in [1.165, 1.54) is 0 Å². The van der Waals surface area contributed by atoms with Gasteiger partial charge in [-0.15, -0.1) is 0 Å². The van der Waals surface area contributed by atoms with Crippen molar-refractivity contribution < 1.29 is 18.9 Å². The van der Waals surface area contributed by atoms with Crippen molar-refractivity contribution in [3.63, 3.8) is 0 Å². The second-order valence-corrected chi connectivity index (χ2v) is 3.92. The summed E-state index contributed by atoms with van der Waals surface area (Å²) in [5.41, 5.74) is 1.06. The summed E-state index contributed by atoms with van der Waals surface area (Å²) in [7, 11) is 3.26. The Hall–Kier alpha value is -1.52. The molecule has 1 aromatic carbocycles. The van der Waals surface area contributed by atoms with E-state index < -0.39 is 0 Å². The lowest BCUT2D eigenvalue weighted by atomic mass is 10.1. The Morgan fingerprint density at radius 2 is 1.89 bits per heavy atom. The average Bonchev–Trinajstić information content (AvgIpc) is 2.91. The minimum atomic E-state index is -0.0959. The van der Waals surface area contributed by atoms with Crippen LogP contribution in [0.2, 0.25) is 0 Å². The zero-order valence-corrected chi connectivity index (χ0v) is 10.7. The molecule has 0 amide bonds. The molecule has 0 radical (unpaired) electrons. The van der Waals surface area contributed by atoms with E-state index in [4.69, 9.17) is 18.9 Å². The minimum Gasteiger partial charge on any atom is -0.493 e. The summed E-state index contributed by atoms with van der Waals surface area (Å²) in [4.78, 5) is 0. The van der Waals surface area contributed by atoms with Gasteiger partial charge in [0.25, 0.3) is 0 Å². The van der Waals surface area contributed by atoms with Crippen LogP contribution in [0.5, 0.6) is 11.5 Å². The predicted molar refractivity (Wildman–Crippen MR) is 68.9 cm³/mol. The molecule has 2 rings (SSSR count). The maximum atomic E-state index is 5.35. The highest BCUT2D eigenvalue weighted by atomic mass is 16.7. The Morgan fingerprint density at radius 3 is 2.56 bits per heavy atom. The number of hydrogen-bond donors (Lipinski definition) is 0. The number of hydrogen-bond acceptors (Lipinski definition) is 4. The van der Waals surface area contributed by atoms with Gasteiger partial charge in [0.2, 0.25) is 0 Å². The van der Waals surface area contributed by atoms with Crippen molar-refractivity contribution in [2.24, 2.45) is 0 Å². The van der Waals surface area contributed by atoms with Crippen molar-refractivity contribution in [1.82, 2.24) is 0 Å². The summed E-state index contributed by atoms with van der Waals surface area (Å²) < 4.78 is 21.1. The van der Waals surface area contributed by atoms with E-state index in [2.05, 4.69) is 0 Å². The Bertz CT molecular complexity index is 408. The molecule has 4 nitrogen and oxygen atoms in total. The summed E-state index contributed by atoms with van der Waals surface area (Å²) in [6.45, 7) is 1.38. The lowest BCUT2D eigenvalue weighted by molar-refractivity contribution is -0.0379. The maximum absolute atomic E-state index is 5.35. The number of methoxy groups -OCH3 is 2. The standard InChI is InChI=1S/C14H18O4/c1-15-12-7-6-11(10-13(12)16-2)4-3-5-14-17-8-9-18-14/h3-4,6-7,10,14H,5,8-9H2,1-2H3/b4-3+. The SMILES string of the molecule is COc1ccc(/C=C/CC2OCCO2)cc1OC. The first kappa shape index (κ1) is 12.9. The van der Waals surface area contributed by atoms with E-state index >= 15 is 0 Å². The molecule has 1 aromatic rings. The molecule has 0 spiro atoms. The van der Waals surface area contributed by atoms with Crippen molar-refractivity contribution in [3.05, 3.63) is 29.8 Å². The first-order valence-corrected chi connectivity index (χ1v) is 5.95. The molecule has 0 aromatic heterocycles. The summed E-state index contributed by atoms with van der Waals surface area (Å²) in [6.07, 6.45) is 4.72. The minimum absolute atomic E-state index is 0.0959. The van der Waals surface area contributed by atoms with E-state index in [0.717, 1.165) is 23.5 Å². The first-order valence-electron chi connectivity index (χ1n) is 5.95. The lowest BCUT2D eigenvalue weighted by Crippen LogP contribution is -2.04. The lowest BCUT2D eigenvalue weighted by Gasteiger charge is -2.08. The molecule has 0 saturated carbocycles. The Balaban J connectivity index is 1.97. The Labute approximate surface area is 107 Å². The number of benzene rings is 1. The van der Waals surface area contributed by atoms with Gasteiger partial charge in [0, 0.05) is 6.42 Å². The molecule has 4 heteroatoms. The molecule has 18 heavy (non-hydrogen) atoms. The van der Waals surface area contributed by atoms with Gasteiger partial charge in [-0.25, -0.2) is 0 Å². The fraction of sp³-hybridized carbons (Fsp3) is 0.429. The van der Waals surface area contributed by atoms with Crippen molar-refractivity contribution in [2.45, 2.75) is 12.7 Å². The molecule has 0 N–H and O–H groups in total. The average molecular weight is 250 g/mol. The highest BCUT2D eigenvalue weighted by molar-refractivity contribution is 5.55. The van der Waals surface area contributed by atoms with Crippen LogP contribution in [-0.4, -0.2) is 33.7 Å². The zero-order valence-electron chi connectivity index (χ0n) is 10.7. The fourth-order valence-electron chi connectivity index (χ4n) is 1.82. The summed E-state index contributed by atoms with van der Waals surface area (Å²) in [6, 6.07) is 5.81. The summed E-state index contributed by atoms with van der Waals surface area (Å²) >= 11 is 0. The highest BCUT2D eigenvalue weighted by Crippen LogP contribution is 2.28. The number of rotatable bonds is 5. The van der Waals surface area contributed by atoms with Crippen LogP contribution in [0.1, 0.15) is 12.0 Å². The summed E-state index contributed by atoms with van der Waals surface area (Å²) in [5.74, 6) is 1.46. The van der Waals surface area contributed by atoms with Gasteiger partial charge in [0.1, 0.15) is 0 Å². The predicted octanol–water partition coefficient (Wildman–Crippen LogP) is 2.48. The molecule has 1 aliphatic heterocycles. The van der Waals surface area contributed by atoms with Gasteiger partial charge in [-0.2, -0.15) is 0 Å². The molecule has 0 atom stereocenters. The smallest absolute Gasteiger partial charge is 0.161 e. The van der Waals surface area contributed by atoms with Crippen molar-refractivity contribution >= 4 is 6.08 Å². The van der Waals surface area contributed by atoms with Crippen LogP contribution in [0.4, 0.5) is 0 Å². The van der Waals surface area contributed by atoms with Gasteiger partial charge in [-0.1, -0.05) is 18.2 Å². The third-order valence-corrected chi connectivity index (χ3v) is 2.74. The molecule has 1 heterocycles. The second kappa shape index (κ2) is 6.42. The van der Waals surface area contributed by atoms with Crippen molar-refractivity contribution in [3.8, 4) is 11.5 Å². The Morgan fingerprint density at radius 1 is 1.17 bits per heavy atom. The second-order valence-electron chi connectivity index (χ2n) is 3.92. The largest absolute Gasteiger partial charge is 0.493 e. The van der Waals surface area contributed by atoms with Gasteiger partial charge in [-0.05, 0) is 17.7 Å². The monoisotopic (exact) mass is 250 g/mol. The van der Waals surface area contributed by atoms with Crippen LogP contribution in [0.25, 0.3) is 6.08 Å². The van der Waals surface area contributed by atoms with E-state index in [1.54, 1.807) is 14.2 Å². The summed E-state index contributed by atoms with van der Waals surface area (Å²) in [5, 5.41) is 0. The van der Waals surface area contributed by atoms with E-state index in [1.807, 2.05) is 30.4 Å². The zero-order chi connectivity index (χ0) is 12.8. The van der Waals surface area contributed by atoms with Gasteiger partial charge in [-0.3, -0.25) is 0 Å². The fourth-order valence-corrected chi connectivity index (χ4v) is 1.82. The van der Waals surface area contributed by atoms with Crippen LogP contribution in [-0.2, 0) is 9.47 Å². The van der Waals surface area contributed by atoms with Crippen LogP contribution in [0.15, 0.2) is 24.3 Å². The third-order valence-electron chi connectivity index (χ3n) is 2.74. The molecule has 0 bridgehead atoms. The quantitative estimate of drug-likeness (QED) is 0.804. The molecular formula is C14H18O4. The number of ether oxygens (including phenoxy) is 4. The molecule has 98 valence electrons. The van der Waals surface area contributed by atoms with Gasteiger partial charge in [0.05, 0.1) is 27.4 Å². The molecule has 0 aliphatic carbocycles. The van der Waals surface area contributed by atoms with Crippen LogP contribution < -0.4 is 9.47 Å². The van der Waals surface area contributed by atoms with E-state index in [-0.39, 0.29) is 6.29 Å². The van der Waals surface area contributed by atoms with E-state index in [9.17, 15) is 0 Å². The van der Waals surface area contributed by atoms with Gasteiger partial charge in [0.15, 0.2) is 17.8 Å². The molecule has 1 aliphatic rings. The molecule has 0 unspecified atom stereocenters. The first-order chi connectivity index (χ1) is 8.83. The van der Waals surface area contributed by atoms with E-state index in [0.29, 0.717) is 13.2 Å². The van der Waals surface area contributed by atoms with Crippen LogP contribution in [0, 0.1) is 0 Å². The third kappa shape index (κ3) is 3.24. The highest BCUT2D eigenvalue weighted by Gasteiger charge is 2.13. The van der Waals surface area contributed by atoms with Gasteiger partial charge < -0.3 is 18.9 Å². The maximum Gasteiger partial charge on any atom is 0.161 e. The molecular weight excluding hydrogens is 232 g/mol. The van der Waals surface area contributed by atoms with Gasteiger partial charge >= 0.3 is 0 Å². The van der Waals surface area contributed by atoms with Crippen molar-refractivity contribution in [1.29, 1.82) is 0 Å². The molecule has 1 saturated heterocycles. The van der Waals surface area contributed by atoms with Crippen molar-refractivity contribution in [2.75, 3.05) is 27.4 Å².